The number of aromatic nitrogens is 5. The second kappa shape index (κ2) is 5.71. The molecule has 8 nitrogen and oxygen atoms in total. The van der Waals surface area contributed by atoms with Crippen molar-refractivity contribution in [2.24, 2.45) is 5.92 Å². The van der Waals surface area contributed by atoms with Gasteiger partial charge in [-0.2, -0.15) is 0 Å². The van der Waals surface area contributed by atoms with Gasteiger partial charge in [-0.3, -0.25) is 9.36 Å². The number of anilines is 1. The molecule has 136 valence electrons. The predicted molar refractivity (Wildman–Crippen MR) is 104 cm³/mol. The molecular weight excluding hydrogens is 364 g/mol. The first-order valence-electron chi connectivity index (χ1n) is 8.52. The first-order valence-corrected chi connectivity index (χ1v) is 9.34. The molecule has 0 fully saturated rings. The molecule has 0 amide bonds. The number of nitrogens with zero attached hydrogens (tertiary/aromatic N) is 6. The molecule has 0 aromatic carbocycles. The van der Waals surface area contributed by atoms with Crippen molar-refractivity contribution in [2.45, 2.75) is 13.0 Å². The SMILES string of the molecule is CC1C=Cc2nonc2C1n1cnc2c(sc3nccc(N(C)C)c32)c1=O. The lowest BCUT2D eigenvalue weighted by molar-refractivity contribution is 0.295. The van der Waals surface area contributed by atoms with E-state index < -0.39 is 0 Å². The van der Waals surface area contributed by atoms with Gasteiger partial charge in [0.25, 0.3) is 5.56 Å². The van der Waals surface area contributed by atoms with Gasteiger partial charge in [0.05, 0.1) is 29.0 Å². The first-order chi connectivity index (χ1) is 13.1. The van der Waals surface area contributed by atoms with Gasteiger partial charge < -0.3 is 4.90 Å². The molecule has 1 aliphatic carbocycles. The largest absolute Gasteiger partial charge is 0.377 e. The van der Waals surface area contributed by atoms with Crippen LogP contribution in [0, 0.1) is 5.92 Å². The molecule has 0 aliphatic heterocycles. The van der Waals surface area contributed by atoms with E-state index in [1.165, 1.54) is 11.3 Å². The van der Waals surface area contributed by atoms with Crippen LogP contribution in [-0.2, 0) is 0 Å². The van der Waals surface area contributed by atoms with E-state index in [1.807, 2.05) is 44.1 Å². The zero-order valence-electron chi connectivity index (χ0n) is 14.9. The standard InChI is InChI=1S/C18H16N6O2S/c1-9-4-5-10-13(22-26-21-10)15(9)24-8-20-14-12-11(23(2)3)6-7-19-17(12)27-16(14)18(24)25/h4-9,15H,1-3H3. The molecule has 2 atom stereocenters. The van der Waals surface area contributed by atoms with Gasteiger partial charge in [-0.05, 0) is 12.1 Å². The molecule has 0 saturated carbocycles. The minimum Gasteiger partial charge on any atom is -0.377 e. The van der Waals surface area contributed by atoms with Crippen LogP contribution in [0.15, 0.2) is 34.1 Å². The molecule has 0 radical (unpaired) electrons. The summed E-state index contributed by atoms with van der Waals surface area (Å²) < 4.78 is 7.11. The summed E-state index contributed by atoms with van der Waals surface area (Å²) in [4.78, 5) is 25.2. The van der Waals surface area contributed by atoms with Crippen molar-refractivity contribution < 1.29 is 4.63 Å². The molecule has 2 unspecified atom stereocenters. The predicted octanol–water partition coefficient (Wildman–Crippen LogP) is 2.71. The van der Waals surface area contributed by atoms with E-state index in [9.17, 15) is 4.79 Å². The molecule has 4 heterocycles. The Hall–Kier alpha value is -3.07. The topological polar surface area (TPSA) is 89.9 Å². The van der Waals surface area contributed by atoms with E-state index in [0.29, 0.717) is 21.6 Å². The summed E-state index contributed by atoms with van der Waals surface area (Å²) in [6, 6.07) is 1.63. The number of fused-ring (bicyclic) bond motifs is 4. The molecule has 1 aliphatic rings. The molecule has 0 saturated heterocycles. The monoisotopic (exact) mass is 380 g/mol. The summed E-state index contributed by atoms with van der Waals surface area (Å²) in [5, 5.41) is 8.84. The average molecular weight is 380 g/mol. The lowest BCUT2D eigenvalue weighted by atomic mass is 9.92. The van der Waals surface area contributed by atoms with Crippen LogP contribution in [0.2, 0.25) is 0 Å². The van der Waals surface area contributed by atoms with Crippen LogP contribution in [0.3, 0.4) is 0 Å². The normalized spacial score (nSPS) is 18.9. The second-order valence-electron chi connectivity index (χ2n) is 6.84. The fourth-order valence-corrected chi connectivity index (χ4v) is 4.68. The highest BCUT2D eigenvalue weighted by atomic mass is 32.1. The van der Waals surface area contributed by atoms with Crippen molar-refractivity contribution in [3.05, 3.63) is 46.4 Å². The molecule has 0 N–H and O–H groups in total. The summed E-state index contributed by atoms with van der Waals surface area (Å²) in [5.41, 5.74) is 2.88. The van der Waals surface area contributed by atoms with Crippen LogP contribution >= 0.6 is 11.3 Å². The van der Waals surface area contributed by atoms with Crippen LogP contribution in [0.4, 0.5) is 5.69 Å². The summed E-state index contributed by atoms with van der Waals surface area (Å²) in [7, 11) is 3.93. The molecular formula is C18H16N6O2S. The van der Waals surface area contributed by atoms with E-state index in [1.54, 1.807) is 17.1 Å². The third-order valence-electron chi connectivity index (χ3n) is 4.94. The van der Waals surface area contributed by atoms with E-state index in [4.69, 9.17) is 4.63 Å². The van der Waals surface area contributed by atoms with Crippen LogP contribution in [0.25, 0.3) is 26.5 Å². The number of allylic oxidation sites excluding steroid dienone is 1. The highest BCUT2D eigenvalue weighted by Gasteiger charge is 2.31. The Morgan fingerprint density at radius 1 is 1.26 bits per heavy atom. The smallest absolute Gasteiger partial charge is 0.272 e. The average Bonchev–Trinajstić information content (AvgIpc) is 3.27. The van der Waals surface area contributed by atoms with E-state index in [0.717, 1.165) is 15.9 Å². The Balaban J connectivity index is 1.78. The molecule has 4 aromatic rings. The first kappa shape index (κ1) is 16.1. The van der Waals surface area contributed by atoms with Crippen LogP contribution in [0.5, 0.6) is 0 Å². The van der Waals surface area contributed by atoms with Crippen molar-refractivity contribution in [3.63, 3.8) is 0 Å². The fraction of sp³-hybridized carbons (Fsp3) is 0.278. The number of pyridine rings is 1. The lowest BCUT2D eigenvalue weighted by Gasteiger charge is -2.24. The van der Waals surface area contributed by atoms with Crippen molar-refractivity contribution >= 4 is 43.5 Å². The van der Waals surface area contributed by atoms with Gasteiger partial charge in [0.15, 0.2) is 0 Å². The van der Waals surface area contributed by atoms with E-state index >= 15 is 0 Å². The Morgan fingerprint density at radius 2 is 2.11 bits per heavy atom. The van der Waals surface area contributed by atoms with Crippen LogP contribution < -0.4 is 10.5 Å². The highest BCUT2D eigenvalue weighted by molar-refractivity contribution is 7.25. The molecule has 0 spiro atoms. The van der Waals surface area contributed by atoms with E-state index in [2.05, 4.69) is 20.3 Å². The maximum absolute atomic E-state index is 13.3. The Kier molecular flexibility index (Phi) is 3.41. The highest BCUT2D eigenvalue weighted by Crippen LogP contribution is 2.37. The number of thiophene rings is 1. The van der Waals surface area contributed by atoms with Crippen LogP contribution in [-0.4, -0.2) is 38.9 Å². The quantitative estimate of drug-likeness (QED) is 0.528. The minimum absolute atomic E-state index is 0.0613. The maximum atomic E-state index is 13.3. The van der Waals surface area contributed by atoms with Gasteiger partial charge in [0.1, 0.15) is 20.9 Å². The Morgan fingerprint density at radius 3 is 2.93 bits per heavy atom. The van der Waals surface area contributed by atoms with Crippen molar-refractivity contribution in [1.29, 1.82) is 0 Å². The van der Waals surface area contributed by atoms with Gasteiger partial charge in [0, 0.05) is 26.2 Å². The summed E-state index contributed by atoms with van der Waals surface area (Å²) in [6.07, 6.45) is 7.23. The number of rotatable bonds is 2. The number of hydrogen-bond acceptors (Lipinski definition) is 8. The third kappa shape index (κ3) is 2.24. The molecule has 9 heteroatoms. The molecule has 0 bridgehead atoms. The molecule has 5 rings (SSSR count). The van der Waals surface area contributed by atoms with Gasteiger partial charge in [-0.25, -0.2) is 14.6 Å². The number of hydrogen-bond donors (Lipinski definition) is 0. The maximum Gasteiger partial charge on any atom is 0.272 e. The fourth-order valence-electron chi connectivity index (χ4n) is 3.63. The summed E-state index contributed by atoms with van der Waals surface area (Å²) >= 11 is 1.37. The summed E-state index contributed by atoms with van der Waals surface area (Å²) in [5.74, 6) is 0.0613. The Bertz CT molecular complexity index is 1270. The van der Waals surface area contributed by atoms with Gasteiger partial charge in [0.2, 0.25) is 0 Å². The Labute approximate surface area is 157 Å². The zero-order chi connectivity index (χ0) is 18.7. The van der Waals surface area contributed by atoms with Gasteiger partial charge in [-0.15, -0.1) is 11.3 Å². The molecule has 27 heavy (non-hydrogen) atoms. The summed E-state index contributed by atoms with van der Waals surface area (Å²) in [6.45, 7) is 2.03. The van der Waals surface area contributed by atoms with E-state index in [-0.39, 0.29) is 17.5 Å². The lowest BCUT2D eigenvalue weighted by Crippen LogP contribution is -2.30. The van der Waals surface area contributed by atoms with Crippen molar-refractivity contribution in [2.75, 3.05) is 19.0 Å². The van der Waals surface area contributed by atoms with Crippen molar-refractivity contribution in [3.8, 4) is 0 Å². The second-order valence-corrected chi connectivity index (χ2v) is 7.84. The van der Waals surface area contributed by atoms with Crippen molar-refractivity contribution in [1.82, 2.24) is 24.8 Å². The van der Waals surface area contributed by atoms with Gasteiger partial charge in [-0.1, -0.05) is 23.3 Å². The molecule has 4 aromatic heterocycles. The van der Waals surface area contributed by atoms with Gasteiger partial charge >= 0.3 is 0 Å². The third-order valence-corrected chi connectivity index (χ3v) is 6.02. The zero-order valence-corrected chi connectivity index (χ0v) is 15.8. The minimum atomic E-state index is -0.299. The van der Waals surface area contributed by atoms with Crippen LogP contribution in [0.1, 0.15) is 24.4 Å².